The molecule has 0 saturated carbocycles. The third kappa shape index (κ3) is 5.47. The fourth-order valence-corrected chi connectivity index (χ4v) is 9.47. The second-order valence-corrected chi connectivity index (χ2v) is 15.3. The number of hydrogen-bond donors (Lipinski definition) is 0. The van der Waals surface area contributed by atoms with Crippen LogP contribution in [0.5, 0.6) is 0 Å². The summed E-state index contributed by atoms with van der Waals surface area (Å²) in [5.74, 6) is 0. The van der Waals surface area contributed by atoms with Gasteiger partial charge in [0.2, 0.25) is 0 Å². The minimum Gasteiger partial charge on any atom is -0.310 e. The molecule has 0 aromatic heterocycles. The molecule has 0 N–H and O–H groups in total. The van der Waals surface area contributed by atoms with Crippen LogP contribution in [-0.4, -0.2) is 0 Å². The Balaban J connectivity index is 1.11. The minimum absolute atomic E-state index is 0.494. The molecule has 11 rings (SSSR count). The van der Waals surface area contributed by atoms with Crippen LogP contribution in [0.1, 0.15) is 22.3 Å². The molecule has 58 heavy (non-hydrogen) atoms. The third-order valence-electron chi connectivity index (χ3n) is 12.1. The van der Waals surface area contributed by atoms with Crippen molar-refractivity contribution in [3.63, 3.8) is 0 Å². The molecular weight excluding hydrogens is 699 g/mol. The molecule has 1 aliphatic carbocycles. The van der Waals surface area contributed by atoms with Gasteiger partial charge in [0, 0.05) is 17.1 Å². The summed E-state index contributed by atoms with van der Waals surface area (Å²) in [5, 5.41) is 4.99. The molecular formula is C57H39N. The molecule has 0 radical (unpaired) electrons. The average molecular weight is 738 g/mol. The van der Waals surface area contributed by atoms with Crippen LogP contribution in [0.4, 0.5) is 17.1 Å². The lowest BCUT2D eigenvalue weighted by molar-refractivity contribution is 0.768. The second-order valence-electron chi connectivity index (χ2n) is 15.3. The van der Waals surface area contributed by atoms with Gasteiger partial charge in [-0.3, -0.25) is 0 Å². The molecule has 0 atom stereocenters. The van der Waals surface area contributed by atoms with Gasteiger partial charge >= 0.3 is 0 Å². The van der Waals surface area contributed by atoms with E-state index in [-0.39, 0.29) is 0 Å². The molecule has 0 aliphatic heterocycles. The molecule has 0 fully saturated rings. The SMILES string of the molecule is c1ccc(-c2cccc(-c3ccc(N(c4ccc5c(c4)C(c4ccccc4)(c4ccccc4)c4ccccc4-5)c4ccc5c(ccc6ccccc65)c4)cc3)c2)cc1. The van der Waals surface area contributed by atoms with Gasteiger partial charge in [-0.05, 0) is 120 Å². The largest absolute Gasteiger partial charge is 0.310 e. The molecule has 1 heteroatoms. The molecule has 0 heterocycles. The van der Waals surface area contributed by atoms with Crippen molar-refractivity contribution in [2.75, 3.05) is 4.90 Å². The van der Waals surface area contributed by atoms with E-state index in [1.807, 2.05) is 0 Å². The normalized spacial score (nSPS) is 12.6. The standard InChI is InChI=1S/C57H39N/c1-4-15-40(16-5-1)43-18-14-19-44(37-43)41-29-31-48(32-30-41)58(49-33-35-52-45(38-49)28-27-42-17-10-11-24-51(42)52)50-34-36-54-53-25-12-13-26-55(53)57(56(54)39-50,46-20-6-2-7-21-46)47-22-8-3-9-23-47/h1-39H. The predicted molar refractivity (Wildman–Crippen MR) is 244 cm³/mol. The smallest absolute Gasteiger partial charge is 0.0714 e. The summed E-state index contributed by atoms with van der Waals surface area (Å²) in [6.07, 6.45) is 0. The van der Waals surface area contributed by atoms with Gasteiger partial charge in [0.05, 0.1) is 5.41 Å². The lowest BCUT2D eigenvalue weighted by Gasteiger charge is -2.35. The topological polar surface area (TPSA) is 3.24 Å². The lowest BCUT2D eigenvalue weighted by atomic mass is 9.67. The van der Waals surface area contributed by atoms with E-state index in [0.29, 0.717) is 0 Å². The number of anilines is 3. The highest BCUT2D eigenvalue weighted by Crippen LogP contribution is 2.57. The summed E-state index contributed by atoms with van der Waals surface area (Å²) in [7, 11) is 0. The number of benzene rings is 10. The van der Waals surface area contributed by atoms with Crippen molar-refractivity contribution in [3.8, 4) is 33.4 Å². The maximum absolute atomic E-state index is 2.46. The Morgan fingerprint density at radius 3 is 1.53 bits per heavy atom. The van der Waals surface area contributed by atoms with Crippen LogP contribution in [0, 0.1) is 0 Å². The van der Waals surface area contributed by atoms with E-state index >= 15 is 0 Å². The Hall–Kier alpha value is -7.48. The van der Waals surface area contributed by atoms with Crippen molar-refractivity contribution in [2.24, 2.45) is 0 Å². The number of fused-ring (bicyclic) bond motifs is 6. The van der Waals surface area contributed by atoms with Gasteiger partial charge in [-0.25, -0.2) is 0 Å². The molecule has 0 saturated heterocycles. The summed E-state index contributed by atoms with van der Waals surface area (Å²) >= 11 is 0. The van der Waals surface area contributed by atoms with Gasteiger partial charge in [0.1, 0.15) is 0 Å². The molecule has 1 aliphatic rings. The maximum atomic E-state index is 2.46. The first-order valence-corrected chi connectivity index (χ1v) is 20.1. The summed E-state index contributed by atoms with van der Waals surface area (Å²) in [4.78, 5) is 2.43. The first kappa shape index (κ1) is 33.8. The third-order valence-corrected chi connectivity index (χ3v) is 12.1. The highest BCUT2D eigenvalue weighted by atomic mass is 15.1. The van der Waals surface area contributed by atoms with Gasteiger partial charge in [-0.1, -0.05) is 194 Å². The van der Waals surface area contributed by atoms with Crippen LogP contribution in [0.25, 0.3) is 54.9 Å². The number of nitrogens with zero attached hydrogens (tertiary/aromatic N) is 1. The van der Waals surface area contributed by atoms with Crippen LogP contribution in [0.15, 0.2) is 237 Å². The Morgan fingerprint density at radius 2 is 0.793 bits per heavy atom. The van der Waals surface area contributed by atoms with Crippen molar-refractivity contribution in [2.45, 2.75) is 5.41 Å². The summed E-state index contributed by atoms with van der Waals surface area (Å²) < 4.78 is 0. The highest BCUT2D eigenvalue weighted by Gasteiger charge is 2.46. The highest BCUT2D eigenvalue weighted by molar-refractivity contribution is 6.08. The maximum Gasteiger partial charge on any atom is 0.0714 e. The molecule has 1 nitrogen and oxygen atoms in total. The zero-order valence-electron chi connectivity index (χ0n) is 32.0. The van der Waals surface area contributed by atoms with Gasteiger partial charge in [0.25, 0.3) is 0 Å². The summed E-state index contributed by atoms with van der Waals surface area (Å²) in [5.41, 5.74) is 15.3. The average Bonchev–Trinajstić information content (AvgIpc) is 3.60. The Labute approximate surface area is 339 Å². The lowest BCUT2D eigenvalue weighted by Crippen LogP contribution is -2.28. The van der Waals surface area contributed by atoms with E-state index < -0.39 is 5.41 Å². The van der Waals surface area contributed by atoms with Crippen molar-refractivity contribution >= 4 is 38.6 Å². The summed E-state index contributed by atoms with van der Waals surface area (Å²) in [6.45, 7) is 0. The van der Waals surface area contributed by atoms with Gasteiger partial charge in [0.15, 0.2) is 0 Å². The monoisotopic (exact) mass is 737 g/mol. The molecule has 0 bridgehead atoms. The van der Waals surface area contributed by atoms with E-state index in [1.54, 1.807) is 0 Å². The van der Waals surface area contributed by atoms with Crippen molar-refractivity contribution in [1.29, 1.82) is 0 Å². The van der Waals surface area contributed by atoms with E-state index in [9.17, 15) is 0 Å². The zero-order chi connectivity index (χ0) is 38.5. The fraction of sp³-hybridized carbons (Fsp3) is 0.0175. The van der Waals surface area contributed by atoms with E-state index in [2.05, 4.69) is 241 Å². The van der Waals surface area contributed by atoms with Crippen LogP contribution in [-0.2, 0) is 5.41 Å². The number of hydrogen-bond acceptors (Lipinski definition) is 1. The van der Waals surface area contributed by atoms with Crippen LogP contribution in [0.3, 0.4) is 0 Å². The van der Waals surface area contributed by atoms with Gasteiger partial charge in [-0.15, -0.1) is 0 Å². The Kier molecular flexibility index (Phi) is 8.12. The molecule has 10 aromatic rings. The minimum atomic E-state index is -0.494. The number of rotatable bonds is 7. The van der Waals surface area contributed by atoms with Gasteiger partial charge in [-0.2, -0.15) is 0 Å². The zero-order valence-corrected chi connectivity index (χ0v) is 32.0. The summed E-state index contributed by atoms with van der Waals surface area (Å²) in [6, 6.07) is 86.8. The predicted octanol–water partition coefficient (Wildman–Crippen LogP) is 15.2. The quantitative estimate of drug-likeness (QED) is 0.147. The van der Waals surface area contributed by atoms with E-state index in [1.165, 1.54) is 77.2 Å². The fourth-order valence-electron chi connectivity index (χ4n) is 9.47. The molecule has 0 amide bonds. The molecule has 272 valence electrons. The van der Waals surface area contributed by atoms with E-state index in [0.717, 1.165) is 17.1 Å². The molecule has 0 unspecified atom stereocenters. The van der Waals surface area contributed by atoms with E-state index in [4.69, 9.17) is 0 Å². The van der Waals surface area contributed by atoms with Crippen LogP contribution < -0.4 is 4.90 Å². The van der Waals surface area contributed by atoms with Crippen molar-refractivity contribution in [3.05, 3.63) is 259 Å². The second kappa shape index (κ2) is 13.9. The Bertz CT molecular complexity index is 3050. The van der Waals surface area contributed by atoms with Gasteiger partial charge < -0.3 is 4.90 Å². The molecule has 0 spiro atoms. The molecule has 10 aromatic carbocycles. The van der Waals surface area contributed by atoms with Crippen LogP contribution in [0.2, 0.25) is 0 Å². The van der Waals surface area contributed by atoms with Crippen molar-refractivity contribution < 1.29 is 0 Å². The first-order valence-electron chi connectivity index (χ1n) is 20.1. The van der Waals surface area contributed by atoms with Crippen LogP contribution >= 0.6 is 0 Å². The first-order chi connectivity index (χ1) is 28.8. The van der Waals surface area contributed by atoms with Crippen molar-refractivity contribution in [1.82, 2.24) is 0 Å². The Morgan fingerprint density at radius 1 is 0.276 bits per heavy atom.